The number of pyridine rings is 1. The van der Waals surface area contributed by atoms with Crippen molar-refractivity contribution in [1.82, 2.24) is 20.0 Å². The third-order valence-electron chi connectivity index (χ3n) is 4.90. The topological polar surface area (TPSA) is 43.6 Å². The average Bonchev–Trinajstić information content (AvgIpc) is 3.08. The summed E-state index contributed by atoms with van der Waals surface area (Å²) in [5, 5.41) is 9.50. The molecule has 2 aliphatic carbocycles. The van der Waals surface area contributed by atoms with Gasteiger partial charge in [-0.1, -0.05) is 19.3 Å². The second-order valence-electron chi connectivity index (χ2n) is 6.23. The second-order valence-corrected chi connectivity index (χ2v) is 7.14. The SMILES string of the molecule is Brc1cncc(-n2nc3c(n2)C(C2CCCCC2)CC3)c1. The van der Waals surface area contributed by atoms with E-state index in [4.69, 9.17) is 10.2 Å². The van der Waals surface area contributed by atoms with Crippen LogP contribution in [0.4, 0.5) is 0 Å². The number of aromatic nitrogens is 4. The summed E-state index contributed by atoms with van der Waals surface area (Å²) in [6.45, 7) is 0. The largest absolute Gasteiger partial charge is 0.261 e. The Morgan fingerprint density at radius 1 is 1.05 bits per heavy atom. The third-order valence-corrected chi connectivity index (χ3v) is 5.33. The smallest absolute Gasteiger partial charge is 0.105 e. The summed E-state index contributed by atoms with van der Waals surface area (Å²) in [6.07, 6.45) is 12.9. The Morgan fingerprint density at radius 3 is 2.71 bits per heavy atom. The van der Waals surface area contributed by atoms with E-state index in [0.717, 1.165) is 22.5 Å². The van der Waals surface area contributed by atoms with Crippen LogP contribution in [-0.2, 0) is 6.42 Å². The minimum absolute atomic E-state index is 0.633. The summed E-state index contributed by atoms with van der Waals surface area (Å²) in [5.74, 6) is 1.46. The van der Waals surface area contributed by atoms with Crippen molar-refractivity contribution < 1.29 is 0 Å². The molecular formula is C16H19BrN4. The van der Waals surface area contributed by atoms with E-state index < -0.39 is 0 Å². The molecule has 0 aromatic carbocycles. The van der Waals surface area contributed by atoms with Crippen molar-refractivity contribution in [3.63, 3.8) is 0 Å². The number of fused-ring (bicyclic) bond motifs is 1. The molecule has 0 aliphatic heterocycles. The number of halogens is 1. The Hall–Kier alpha value is -1.23. The van der Waals surface area contributed by atoms with Crippen LogP contribution in [0.1, 0.15) is 55.8 Å². The van der Waals surface area contributed by atoms with Crippen molar-refractivity contribution in [2.45, 2.75) is 50.9 Å². The molecule has 2 aromatic heterocycles. The molecule has 2 heterocycles. The maximum atomic E-state index is 4.80. The van der Waals surface area contributed by atoms with Crippen molar-refractivity contribution in [2.75, 3.05) is 0 Å². The first-order valence-corrected chi connectivity index (χ1v) is 8.67. The summed E-state index contributed by atoms with van der Waals surface area (Å²) in [6, 6.07) is 2.01. The van der Waals surface area contributed by atoms with Gasteiger partial charge in [-0.05, 0) is 53.6 Å². The Kier molecular flexibility index (Phi) is 3.53. The number of nitrogens with zero attached hydrogens (tertiary/aromatic N) is 4. The first-order valence-electron chi connectivity index (χ1n) is 7.88. The monoisotopic (exact) mass is 346 g/mol. The molecule has 0 amide bonds. The molecule has 21 heavy (non-hydrogen) atoms. The van der Waals surface area contributed by atoms with Gasteiger partial charge in [-0.2, -0.15) is 10.2 Å². The van der Waals surface area contributed by atoms with Crippen LogP contribution < -0.4 is 0 Å². The van der Waals surface area contributed by atoms with Crippen LogP contribution >= 0.6 is 15.9 Å². The van der Waals surface area contributed by atoms with Gasteiger partial charge in [-0.3, -0.25) is 4.98 Å². The van der Waals surface area contributed by atoms with Crippen LogP contribution in [0.2, 0.25) is 0 Å². The quantitative estimate of drug-likeness (QED) is 0.824. The van der Waals surface area contributed by atoms with Gasteiger partial charge in [0.05, 0.1) is 17.6 Å². The van der Waals surface area contributed by atoms with Gasteiger partial charge in [0, 0.05) is 16.6 Å². The molecule has 5 heteroatoms. The Balaban J connectivity index is 1.64. The normalized spacial score (nSPS) is 22.4. The second kappa shape index (κ2) is 5.52. The minimum atomic E-state index is 0.633. The fourth-order valence-corrected chi connectivity index (χ4v) is 4.22. The molecule has 1 atom stereocenters. The van der Waals surface area contributed by atoms with Crippen LogP contribution in [0, 0.1) is 5.92 Å². The molecule has 4 rings (SSSR count). The van der Waals surface area contributed by atoms with Crippen molar-refractivity contribution in [3.05, 3.63) is 34.3 Å². The lowest BCUT2D eigenvalue weighted by atomic mass is 9.79. The zero-order valence-electron chi connectivity index (χ0n) is 12.0. The molecule has 0 N–H and O–H groups in total. The van der Waals surface area contributed by atoms with Crippen LogP contribution in [0.5, 0.6) is 0 Å². The molecule has 0 bridgehead atoms. The van der Waals surface area contributed by atoms with Gasteiger partial charge in [0.2, 0.25) is 0 Å². The highest BCUT2D eigenvalue weighted by Crippen LogP contribution is 2.42. The number of rotatable bonds is 2. The summed E-state index contributed by atoms with van der Waals surface area (Å²) in [7, 11) is 0. The summed E-state index contributed by atoms with van der Waals surface area (Å²) in [5.41, 5.74) is 3.38. The molecule has 1 saturated carbocycles. The molecule has 0 radical (unpaired) electrons. The standard InChI is InChI=1S/C16H19BrN4/c17-12-8-13(10-18-9-12)21-19-15-7-6-14(16(15)20-21)11-4-2-1-3-5-11/h8-11,14H,1-7H2. The van der Waals surface area contributed by atoms with E-state index >= 15 is 0 Å². The number of hydrogen-bond donors (Lipinski definition) is 0. The van der Waals surface area contributed by atoms with Gasteiger partial charge in [-0.15, -0.1) is 4.80 Å². The van der Waals surface area contributed by atoms with Crippen LogP contribution in [0.15, 0.2) is 22.9 Å². The molecule has 0 spiro atoms. The van der Waals surface area contributed by atoms with Gasteiger partial charge in [0.15, 0.2) is 0 Å². The maximum absolute atomic E-state index is 4.80. The molecule has 0 saturated heterocycles. The first kappa shape index (κ1) is 13.4. The lowest BCUT2D eigenvalue weighted by molar-refractivity contribution is 0.298. The van der Waals surface area contributed by atoms with Crippen LogP contribution in [-0.4, -0.2) is 20.0 Å². The molecule has 2 aliphatic rings. The van der Waals surface area contributed by atoms with E-state index in [1.807, 2.05) is 12.3 Å². The predicted molar refractivity (Wildman–Crippen MR) is 84.5 cm³/mol. The number of hydrogen-bond acceptors (Lipinski definition) is 3. The Bertz CT molecular complexity index is 645. The minimum Gasteiger partial charge on any atom is -0.261 e. The van der Waals surface area contributed by atoms with Crippen LogP contribution in [0.3, 0.4) is 0 Å². The van der Waals surface area contributed by atoms with E-state index in [2.05, 4.69) is 20.9 Å². The highest BCUT2D eigenvalue weighted by molar-refractivity contribution is 9.10. The van der Waals surface area contributed by atoms with E-state index in [1.54, 1.807) is 11.0 Å². The Morgan fingerprint density at radius 2 is 1.90 bits per heavy atom. The summed E-state index contributed by atoms with van der Waals surface area (Å²) < 4.78 is 0.960. The maximum Gasteiger partial charge on any atom is 0.105 e. The fourth-order valence-electron chi connectivity index (χ4n) is 3.86. The predicted octanol–water partition coefficient (Wildman–Crippen LogP) is 4.03. The zero-order valence-corrected chi connectivity index (χ0v) is 13.6. The van der Waals surface area contributed by atoms with E-state index in [1.165, 1.54) is 49.9 Å². The van der Waals surface area contributed by atoms with Gasteiger partial charge >= 0.3 is 0 Å². The molecular weight excluding hydrogens is 328 g/mol. The van der Waals surface area contributed by atoms with Gasteiger partial charge < -0.3 is 0 Å². The molecule has 4 nitrogen and oxygen atoms in total. The van der Waals surface area contributed by atoms with E-state index in [9.17, 15) is 0 Å². The van der Waals surface area contributed by atoms with Crippen molar-refractivity contribution in [1.29, 1.82) is 0 Å². The number of aryl methyl sites for hydroxylation is 1. The summed E-state index contributed by atoms with van der Waals surface area (Å²) >= 11 is 3.46. The van der Waals surface area contributed by atoms with E-state index in [0.29, 0.717) is 5.92 Å². The third kappa shape index (κ3) is 2.52. The average molecular weight is 347 g/mol. The first-order chi connectivity index (χ1) is 10.3. The Labute approximate surface area is 133 Å². The molecule has 2 aromatic rings. The lowest BCUT2D eigenvalue weighted by Crippen LogP contribution is -2.15. The van der Waals surface area contributed by atoms with Crippen molar-refractivity contribution in [2.24, 2.45) is 5.92 Å². The van der Waals surface area contributed by atoms with E-state index in [-0.39, 0.29) is 0 Å². The molecule has 110 valence electrons. The highest BCUT2D eigenvalue weighted by atomic mass is 79.9. The molecule has 1 unspecified atom stereocenters. The fraction of sp³-hybridized carbons (Fsp3) is 0.562. The lowest BCUT2D eigenvalue weighted by Gasteiger charge is -2.26. The van der Waals surface area contributed by atoms with Crippen molar-refractivity contribution >= 4 is 15.9 Å². The molecule has 1 fully saturated rings. The van der Waals surface area contributed by atoms with Crippen molar-refractivity contribution in [3.8, 4) is 5.69 Å². The van der Waals surface area contributed by atoms with Gasteiger partial charge in [0.25, 0.3) is 0 Å². The summed E-state index contributed by atoms with van der Waals surface area (Å²) in [4.78, 5) is 5.97. The van der Waals surface area contributed by atoms with Gasteiger partial charge in [0.1, 0.15) is 5.69 Å². The van der Waals surface area contributed by atoms with Gasteiger partial charge in [-0.25, -0.2) is 0 Å². The zero-order chi connectivity index (χ0) is 14.2. The van der Waals surface area contributed by atoms with Crippen LogP contribution in [0.25, 0.3) is 5.69 Å². The highest BCUT2D eigenvalue weighted by Gasteiger charge is 2.34.